The molecule has 9 nitrogen and oxygen atoms in total. The third-order valence-electron chi connectivity index (χ3n) is 6.22. The van der Waals surface area contributed by atoms with E-state index in [1.165, 1.54) is 25.3 Å². The lowest BCUT2D eigenvalue weighted by Gasteiger charge is -2.34. The first-order valence-electron chi connectivity index (χ1n) is 11.5. The summed E-state index contributed by atoms with van der Waals surface area (Å²) < 4.78 is 5.14. The van der Waals surface area contributed by atoms with Crippen molar-refractivity contribution in [1.29, 1.82) is 0 Å². The Morgan fingerprint density at radius 2 is 1.79 bits per heavy atom. The van der Waals surface area contributed by atoms with Crippen LogP contribution < -0.4 is 15.0 Å². The van der Waals surface area contributed by atoms with Crippen molar-refractivity contribution in [1.82, 2.24) is 10.2 Å². The van der Waals surface area contributed by atoms with E-state index in [-0.39, 0.29) is 23.8 Å². The number of nitro benzene ring substituents is 1. The number of carbonyl (C=O) groups is 2. The number of amides is 2. The molecule has 0 atom stereocenters. The van der Waals surface area contributed by atoms with Gasteiger partial charge in [-0.05, 0) is 76.0 Å². The zero-order valence-corrected chi connectivity index (χ0v) is 19.9. The van der Waals surface area contributed by atoms with Crippen LogP contribution in [-0.4, -0.2) is 61.0 Å². The number of anilines is 1. The highest BCUT2D eigenvalue weighted by Crippen LogP contribution is 2.29. The zero-order valence-electron chi connectivity index (χ0n) is 19.9. The van der Waals surface area contributed by atoms with Gasteiger partial charge in [0.1, 0.15) is 18.0 Å². The Morgan fingerprint density at radius 3 is 2.38 bits per heavy atom. The number of piperidine rings is 1. The first kappa shape index (κ1) is 25.2. The Labute approximate surface area is 199 Å². The van der Waals surface area contributed by atoms with Crippen molar-refractivity contribution in [3.63, 3.8) is 0 Å². The summed E-state index contributed by atoms with van der Waals surface area (Å²) in [7, 11) is 1.52. The molecule has 9 heteroatoms. The highest BCUT2D eigenvalue weighted by molar-refractivity contribution is 6.09. The normalized spacial score (nSPS) is 14.6. The molecule has 1 heterocycles. The molecule has 0 aromatic heterocycles. The summed E-state index contributed by atoms with van der Waals surface area (Å²) in [6.45, 7) is 6.55. The average Bonchev–Trinajstić information content (AvgIpc) is 2.86. The van der Waals surface area contributed by atoms with Crippen molar-refractivity contribution in [3.05, 3.63) is 64.2 Å². The van der Waals surface area contributed by atoms with Gasteiger partial charge in [0.05, 0.1) is 12.0 Å². The van der Waals surface area contributed by atoms with Crippen LogP contribution in [0.2, 0.25) is 0 Å². The maximum atomic E-state index is 13.3. The van der Waals surface area contributed by atoms with Crippen LogP contribution in [-0.2, 0) is 4.79 Å². The van der Waals surface area contributed by atoms with Crippen molar-refractivity contribution in [2.24, 2.45) is 5.92 Å². The van der Waals surface area contributed by atoms with E-state index in [9.17, 15) is 19.7 Å². The number of nitrogens with zero attached hydrogens (tertiary/aromatic N) is 3. The van der Waals surface area contributed by atoms with E-state index in [0.717, 1.165) is 30.8 Å². The molecule has 34 heavy (non-hydrogen) atoms. The summed E-state index contributed by atoms with van der Waals surface area (Å²) in [6, 6.07) is 12.9. The van der Waals surface area contributed by atoms with E-state index in [1.54, 1.807) is 30.3 Å². The Kier molecular flexibility index (Phi) is 8.59. The topological polar surface area (TPSA) is 105 Å². The molecule has 2 aromatic carbocycles. The van der Waals surface area contributed by atoms with E-state index in [0.29, 0.717) is 29.8 Å². The molecule has 0 saturated carbocycles. The van der Waals surface area contributed by atoms with E-state index < -0.39 is 10.8 Å². The zero-order chi connectivity index (χ0) is 24.7. The number of nitro groups is 1. The number of hydrogen-bond donors (Lipinski definition) is 1. The molecule has 1 N–H and O–H groups in total. The smallest absolute Gasteiger partial charge is 0.292 e. The average molecular weight is 469 g/mol. The van der Waals surface area contributed by atoms with Crippen LogP contribution in [0.4, 0.5) is 11.4 Å². The van der Waals surface area contributed by atoms with Crippen molar-refractivity contribution >= 4 is 23.2 Å². The lowest BCUT2D eigenvalue weighted by molar-refractivity contribution is -0.384. The number of benzene rings is 2. The predicted octanol–water partition coefficient (Wildman–Crippen LogP) is 3.49. The standard InChI is InChI=1S/C25H32N4O5/c1-18(2)27-14-12-19(13-15-27)16-26-24(30)17-28(22-6-4-5-7-23(22)29(32)33)25(31)20-8-10-21(34-3)11-9-20/h4-11,18-19H,12-17H2,1-3H3,(H,26,30). The molecule has 0 radical (unpaired) electrons. The van der Waals surface area contributed by atoms with Crippen LogP contribution in [0, 0.1) is 16.0 Å². The predicted molar refractivity (Wildman–Crippen MR) is 130 cm³/mol. The van der Waals surface area contributed by atoms with Crippen molar-refractivity contribution in [2.75, 3.05) is 38.2 Å². The minimum atomic E-state index is -0.552. The van der Waals surface area contributed by atoms with E-state index >= 15 is 0 Å². The molecule has 0 spiro atoms. The van der Waals surface area contributed by atoms with E-state index in [2.05, 4.69) is 24.1 Å². The lowest BCUT2D eigenvalue weighted by Crippen LogP contribution is -2.44. The molecule has 2 aromatic rings. The number of para-hydroxylation sites is 2. The third kappa shape index (κ3) is 6.32. The second-order valence-corrected chi connectivity index (χ2v) is 8.74. The van der Waals surface area contributed by atoms with Gasteiger partial charge in [-0.15, -0.1) is 0 Å². The van der Waals surface area contributed by atoms with Crippen LogP contribution in [0.3, 0.4) is 0 Å². The SMILES string of the molecule is COc1ccc(C(=O)N(CC(=O)NCC2CCN(C(C)C)CC2)c2ccccc2[N+](=O)[O-])cc1. The van der Waals surface area contributed by atoms with Crippen molar-refractivity contribution in [3.8, 4) is 5.75 Å². The highest BCUT2D eigenvalue weighted by Gasteiger charge is 2.28. The molecule has 1 aliphatic heterocycles. The number of hydrogen-bond acceptors (Lipinski definition) is 6. The fourth-order valence-corrected chi connectivity index (χ4v) is 4.13. The quantitative estimate of drug-likeness (QED) is 0.446. The molecule has 1 saturated heterocycles. The summed E-state index contributed by atoms with van der Waals surface area (Å²) in [5, 5.41) is 14.5. The van der Waals surface area contributed by atoms with Gasteiger partial charge in [-0.3, -0.25) is 24.6 Å². The van der Waals surface area contributed by atoms with Crippen molar-refractivity contribution in [2.45, 2.75) is 32.7 Å². The molecule has 3 rings (SSSR count). The number of methoxy groups -OCH3 is 1. The number of nitrogens with one attached hydrogen (secondary N) is 1. The molecule has 0 aliphatic carbocycles. The molecule has 182 valence electrons. The van der Waals surface area contributed by atoms with Crippen LogP contribution in [0.15, 0.2) is 48.5 Å². The summed E-state index contributed by atoms with van der Waals surface area (Å²) in [5.41, 5.74) is 0.139. The summed E-state index contributed by atoms with van der Waals surface area (Å²) in [4.78, 5) is 40.8. The number of likely N-dealkylation sites (tertiary alicyclic amines) is 1. The van der Waals surface area contributed by atoms with Gasteiger partial charge in [0.25, 0.3) is 11.6 Å². The number of rotatable bonds is 9. The summed E-state index contributed by atoms with van der Waals surface area (Å²) in [6.07, 6.45) is 1.99. The minimum absolute atomic E-state index is 0.0775. The van der Waals surface area contributed by atoms with Crippen LogP contribution in [0.5, 0.6) is 5.75 Å². The Bertz CT molecular complexity index is 1000. The maximum absolute atomic E-state index is 13.3. The van der Waals surface area contributed by atoms with Gasteiger partial charge in [0, 0.05) is 24.2 Å². The minimum Gasteiger partial charge on any atom is -0.497 e. The Hall–Kier alpha value is -3.46. The maximum Gasteiger partial charge on any atom is 0.292 e. The molecule has 1 aliphatic rings. The van der Waals surface area contributed by atoms with Gasteiger partial charge in [0.15, 0.2) is 0 Å². The fraction of sp³-hybridized carbons (Fsp3) is 0.440. The summed E-state index contributed by atoms with van der Waals surface area (Å²) >= 11 is 0. The molecule has 0 unspecified atom stereocenters. The second kappa shape index (κ2) is 11.6. The van der Waals surface area contributed by atoms with Crippen LogP contribution in [0.25, 0.3) is 0 Å². The number of ether oxygens (including phenoxy) is 1. The van der Waals surface area contributed by atoms with Gasteiger partial charge in [-0.2, -0.15) is 0 Å². The van der Waals surface area contributed by atoms with E-state index in [4.69, 9.17) is 4.74 Å². The van der Waals surface area contributed by atoms with E-state index in [1.807, 2.05) is 0 Å². The molecular formula is C25H32N4O5. The first-order chi connectivity index (χ1) is 16.3. The molecule has 1 fully saturated rings. The summed E-state index contributed by atoms with van der Waals surface area (Å²) in [5.74, 6) is 0.0921. The lowest BCUT2D eigenvalue weighted by atomic mass is 9.96. The monoisotopic (exact) mass is 468 g/mol. The van der Waals surface area contributed by atoms with Crippen LogP contribution >= 0.6 is 0 Å². The molecule has 0 bridgehead atoms. The van der Waals surface area contributed by atoms with Gasteiger partial charge < -0.3 is 15.0 Å². The molecular weight excluding hydrogens is 436 g/mol. The Balaban J connectivity index is 1.74. The van der Waals surface area contributed by atoms with Crippen LogP contribution in [0.1, 0.15) is 37.0 Å². The van der Waals surface area contributed by atoms with Gasteiger partial charge >= 0.3 is 0 Å². The van der Waals surface area contributed by atoms with Gasteiger partial charge in [-0.25, -0.2) is 0 Å². The Morgan fingerprint density at radius 1 is 1.15 bits per heavy atom. The fourth-order valence-electron chi connectivity index (χ4n) is 4.13. The van der Waals surface area contributed by atoms with Gasteiger partial charge in [-0.1, -0.05) is 12.1 Å². The van der Waals surface area contributed by atoms with Gasteiger partial charge in [0.2, 0.25) is 5.91 Å². The highest BCUT2D eigenvalue weighted by atomic mass is 16.6. The molecule has 2 amide bonds. The first-order valence-corrected chi connectivity index (χ1v) is 11.5. The third-order valence-corrected chi connectivity index (χ3v) is 6.22. The largest absolute Gasteiger partial charge is 0.497 e. The second-order valence-electron chi connectivity index (χ2n) is 8.74. The van der Waals surface area contributed by atoms with Crippen molar-refractivity contribution < 1.29 is 19.2 Å². The number of carbonyl (C=O) groups excluding carboxylic acids is 2.